The third kappa shape index (κ3) is 3.46. The largest absolute Gasteiger partial charge is 0.394 e. The Balaban J connectivity index is 0.00000109. The van der Waals surface area contributed by atoms with Crippen molar-refractivity contribution in [3.05, 3.63) is 47.2 Å². The number of aromatic nitrogens is 3. The van der Waals surface area contributed by atoms with Crippen LogP contribution in [0.25, 0.3) is 16.9 Å². The van der Waals surface area contributed by atoms with Gasteiger partial charge in [-0.05, 0) is 44.9 Å². The summed E-state index contributed by atoms with van der Waals surface area (Å²) in [6, 6.07) is 5.68. The summed E-state index contributed by atoms with van der Waals surface area (Å²) in [5.41, 5.74) is 3.63. The lowest BCUT2D eigenvalue weighted by atomic mass is 10.1. The topological polar surface area (TPSA) is 53.7 Å². The van der Waals surface area contributed by atoms with Gasteiger partial charge in [0.1, 0.15) is 5.82 Å². The van der Waals surface area contributed by atoms with Crippen molar-refractivity contribution in [2.75, 3.05) is 18.1 Å². The van der Waals surface area contributed by atoms with E-state index in [1.165, 1.54) is 12.1 Å². The molecule has 0 amide bonds. The van der Waals surface area contributed by atoms with E-state index in [9.17, 15) is 13.9 Å². The molecule has 0 spiro atoms. The molecule has 1 saturated heterocycles. The zero-order valence-electron chi connectivity index (χ0n) is 16.7. The molecule has 2 aromatic heterocycles. The summed E-state index contributed by atoms with van der Waals surface area (Å²) in [4.78, 5) is 6.82. The Kier molecular flexibility index (Phi) is 5.93. The number of fused-ring (bicyclic) bond motifs is 1. The minimum Gasteiger partial charge on any atom is -0.394 e. The molecule has 5 nitrogen and oxygen atoms in total. The number of hydrogen-bond donors (Lipinski definition) is 1. The van der Waals surface area contributed by atoms with Crippen LogP contribution in [-0.2, 0) is 0 Å². The van der Waals surface area contributed by atoms with Gasteiger partial charge < -0.3 is 10.0 Å². The van der Waals surface area contributed by atoms with E-state index in [1.54, 1.807) is 4.52 Å². The highest BCUT2D eigenvalue weighted by molar-refractivity contribution is 5.69. The second-order valence-corrected chi connectivity index (χ2v) is 6.75. The van der Waals surface area contributed by atoms with Gasteiger partial charge in [-0.15, -0.1) is 0 Å². The number of aliphatic hydroxyl groups excluding tert-OH is 1. The lowest BCUT2D eigenvalue weighted by Gasteiger charge is -2.25. The molecule has 3 heterocycles. The summed E-state index contributed by atoms with van der Waals surface area (Å²) in [5, 5.41) is 14.2. The molecule has 0 aliphatic carbocycles. The van der Waals surface area contributed by atoms with E-state index in [1.807, 2.05) is 33.8 Å². The molecule has 1 aliphatic heterocycles. The summed E-state index contributed by atoms with van der Waals surface area (Å²) in [6.07, 6.45) is 1.89. The lowest BCUT2D eigenvalue weighted by Crippen LogP contribution is -2.32. The predicted molar refractivity (Wildman–Crippen MR) is 107 cm³/mol. The van der Waals surface area contributed by atoms with Crippen molar-refractivity contribution in [2.45, 2.75) is 46.6 Å². The third-order valence-electron chi connectivity index (χ3n) is 5.14. The second-order valence-electron chi connectivity index (χ2n) is 6.75. The van der Waals surface area contributed by atoms with Crippen molar-refractivity contribution >= 4 is 11.5 Å². The third-order valence-corrected chi connectivity index (χ3v) is 5.14. The first-order valence-electron chi connectivity index (χ1n) is 9.69. The maximum absolute atomic E-state index is 13.8. The van der Waals surface area contributed by atoms with Crippen LogP contribution in [0.1, 0.15) is 37.9 Å². The molecule has 0 radical (unpaired) electrons. The molecule has 1 aliphatic rings. The minimum atomic E-state index is -0.899. The maximum atomic E-state index is 13.8. The van der Waals surface area contributed by atoms with Gasteiger partial charge in [-0.2, -0.15) is 5.10 Å². The number of aliphatic hydroxyl groups is 1. The molecule has 1 unspecified atom stereocenters. The molecular formula is C21H26F2N4O. The summed E-state index contributed by atoms with van der Waals surface area (Å²) < 4.78 is 28.8. The number of nitrogens with zero attached hydrogens (tertiary/aromatic N) is 4. The van der Waals surface area contributed by atoms with Gasteiger partial charge in [-0.25, -0.2) is 18.3 Å². The van der Waals surface area contributed by atoms with Gasteiger partial charge in [-0.3, -0.25) is 0 Å². The highest BCUT2D eigenvalue weighted by Gasteiger charge is 2.26. The van der Waals surface area contributed by atoms with E-state index in [0.717, 1.165) is 42.5 Å². The van der Waals surface area contributed by atoms with Gasteiger partial charge in [-0.1, -0.05) is 13.8 Å². The van der Waals surface area contributed by atoms with Gasteiger partial charge in [0.05, 0.1) is 24.0 Å². The molecule has 1 N–H and O–H groups in total. The van der Waals surface area contributed by atoms with E-state index < -0.39 is 11.6 Å². The molecule has 1 atom stereocenters. The normalized spacial score (nSPS) is 16.4. The van der Waals surface area contributed by atoms with Crippen molar-refractivity contribution in [1.29, 1.82) is 0 Å². The van der Waals surface area contributed by atoms with Gasteiger partial charge in [0.15, 0.2) is 17.3 Å². The smallest absolute Gasteiger partial charge is 0.161 e. The van der Waals surface area contributed by atoms with E-state index in [4.69, 9.17) is 4.98 Å². The molecule has 1 aromatic carbocycles. The van der Waals surface area contributed by atoms with Gasteiger partial charge >= 0.3 is 0 Å². The zero-order chi connectivity index (χ0) is 20.4. The number of rotatable bonds is 3. The fourth-order valence-corrected chi connectivity index (χ4v) is 3.55. The number of aryl methyl sites for hydroxylation is 2. The van der Waals surface area contributed by atoms with Crippen LogP contribution >= 0.6 is 0 Å². The standard InChI is InChI=1S/C19H20F2N4O.C2H6/c1-11-12(2)23-25-17(13-5-6-15(20)16(21)8-13)9-18(22-19(11)25)24-7-3-4-14(24)10-26;1-2/h5-6,8-9,14,26H,3-4,7,10H2,1-2H3;1-2H3. The number of halogens is 2. The van der Waals surface area contributed by atoms with Gasteiger partial charge in [0, 0.05) is 23.7 Å². The molecular weight excluding hydrogens is 362 g/mol. The Hall–Kier alpha value is -2.54. The van der Waals surface area contributed by atoms with Crippen molar-refractivity contribution in [1.82, 2.24) is 14.6 Å². The summed E-state index contributed by atoms with van der Waals surface area (Å²) in [7, 11) is 0. The minimum absolute atomic E-state index is 0.0204. The first-order valence-corrected chi connectivity index (χ1v) is 9.69. The first-order chi connectivity index (χ1) is 13.5. The van der Waals surface area contributed by atoms with Crippen LogP contribution in [0.5, 0.6) is 0 Å². The molecule has 7 heteroatoms. The van der Waals surface area contributed by atoms with E-state index >= 15 is 0 Å². The number of benzene rings is 1. The Labute approximate surface area is 163 Å². The van der Waals surface area contributed by atoms with E-state index in [-0.39, 0.29) is 12.6 Å². The van der Waals surface area contributed by atoms with Crippen LogP contribution in [0.3, 0.4) is 0 Å². The molecule has 0 saturated carbocycles. The van der Waals surface area contributed by atoms with Crippen LogP contribution in [0, 0.1) is 25.5 Å². The fraction of sp³-hybridized carbons (Fsp3) is 0.429. The fourth-order valence-electron chi connectivity index (χ4n) is 3.55. The summed E-state index contributed by atoms with van der Waals surface area (Å²) in [5.74, 6) is -1.06. The number of hydrogen-bond acceptors (Lipinski definition) is 4. The highest BCUT2D eigenvalue weighted by Crippen LogP contribution is 2.31. The monoisotopic (exact) mass is 388 g/mol. The molecule has 150 valence electrons. The Morgan fingerprint density at radius 2 is 1.89 bits per heavy atom. The van der Waals surface area contributed by atoms with Crippen LogP contribution in [-0.4, -0.2) is 38.9 Å². The SMILES string of the molecule is CC.Cc1nn2c(-c3ccc(F)c(F)c3)cc(N3CCCC3CO)nc2c1C. The molecule has 28 heavy (non-hydrogen) atoms. The van der Waals surface area contributed by atoms with Crippen LogP contribution in [0.4, 0.5) is 14.6 Å². The summed E-state index contributed by atoms with van der Waals surface area (Å²) in [6.45, 7) is 8.70. The predicted octanol–water partition coefficient (Wildman–Crippen LogP) is 4.28. The average molecular weight is 388 g/mol. The van der Waals surface area contributed by atoms with Gasteiger partial charge in [0.25, 0.3) is 0 Å². The maximum Gasteiger partial charge on any atom is 0.161 e. The second kappa shape index (κ2) is 8.22. The van der Waals surface area contributed by atoms with E-state index in [2.05, 4.69) is 10.00 Å². The lowest BCUT2D eigenvalue weighted by molar-refractivity contribution is 0.266. The zero-order valence-corrected chi connectivity index (χ0v) is 16.7. The molecule has 3 aromatic rings. The Bertz CT molecular complexity index is 986. The van der Waals surface area contributed by atoms with Crippen LogP contribution in [0.15, 0.2) is 24.3 Å². The van der Waals surface area contributed by atoms with Gasteiger partial charge in [0.2, 0.25) is 0 Å². The number of anilines is 1. The van der Waals surface area contributed by atoms with Crippen molar-refractivity contribution in [3.63, 3.8) is 0 Å². The van der Waals surface area contributed by atoms with Crippen molar-refractivity contribution < 1.29 is 13.9 Å². The first kappa shape index (κ1) is 20.2. The quantitative estimate of drug-likeness (QED) is 0.728. The molecule has 4 rings (SSSR count). The average Bonchev–Trinajstić information content (AvgIpc) is 3.30. The summed E-state index contributed by atoms with van der Waals surface area (Å²) >= 11 is 0. The van der Waals surface area contributed by atoms with Crippen molar-refractivity contribution in [2.24, 2.45) is 0 Å². The molecule has 1 fully saturated rings. The highest BCUT2D eigenvalue weighted by atomic mass is 19.2. The van der Waals surface area contributed by atoms with Crippen molar-refractivity contribution in [3.8, 4) is 11.3 Å². The Morgan fingerprint density at radius 1 is 1.14 bits per heavy atom. The Morgan fingerprint density at radius 3 is 2.57 bits per heavy atom. The van der Waals surface area contributed by atoms with E-state index in [0.29, 0.717) is 16.9 Å². The molecule has 0 bridgehead atoms. The van der Waals surface area contributed by atoms with Crippen LogP contribution in [0.2, 0.25) is 0 Å². The van der Waals surface area contributed by atoms with Crippen LogP contribution < -0.4 is 4.90 Å².